The van der Waals surface area contributed by atoms with Gasteiger partial charge < -0.3 is 20.3 Å². The van der Waals surface area contributed by atoms with Gasteiger partial charge in [0.15, 0.2) is 0 Å². The number of amides is 3. The van der Waals surface area contributed by atoms with Crippen molar-refractivity contribution in [2.45, 2.75) is 39.2 Å². The predicted octanol–water partition coefficient (Wildman–Crippen LogP) is 3.92. The lowest BCUT2D eigenvalue weighted by Crippen LogP contribution is -2.44. The second-order valence-electron chi connectivity index (χ2n) is 7.47. The molecule has 3 rings (SSSR count). The molecule has 0 aliphatic carbocycles. The highest BCUT2D eigenvalue weighted by Gasteiger charge is 2.25. The van der Waals surface area contributed by atoms with Gasteiger partial charge in [-0.2, -0.15) is 0 Å². The number of hydrogen-bond acceptors (Lipinski definition) is 3. The lowest BCUT2D eigenvalue weighted by molar-refractivity contribution is 0.0950. The molecule has 160 valence electrons. The first kappa shape index (κ1) is 21.7. The van der Waals surface area contributed by atoms with E-state index in [0.29, 0.717) is 31.8 Å². The number of benzene rings is 2. The van der Waals surface area contributed by atoms with Gasteiger partial charge in [0.05, 0.1) is 6.61 Å². The zero-order valence-electron chi connectivity index (χ0n) is 17.8. The number of nitrogens with zero attached hydrogens (tertiary/aromatic N) is 1. The van der Waals surface area contributed by atoms with Crippen molar-refractivity contribution in [3.05, 3.63) is 65.2 Å². The minimum Gasteiger partial charge on any atom is -0.494 e. The Morgan fingerprint density at radius 3 is 2.73 bits per heavy atom. The standard InChI is InChI=1S/C24H31N3O3/c1-3-25-24(29)27-14-8-12-21(17-27)18-10-7-11-19(15-18)23(28)26-16-20-9-5-6-13-22(20)30-4-2/h5-7,9-11,13,15,21H,3-4,8,12,14,16-17H2,1-2H3,(H,25,29)(H,26,28). The number of para-hydroxylation sites is 1. The van der Waals surface area contributed by atoms with Gasteiger partial charge in [0.25, 0.3) is 5.91 Å². The van der Waals surface area contributed by atoms with Crippen LogP contribution in [0.25, 0.3) is 0 Å². The Hall–Kier alpha value is -3.02. The molecule has 0 spiro atoms. The molecule has 2 N–H and O–H groups in total. The van der Waals surface area contributed by atoms with Crippen LogP contribution in [0.3, 0.4) is 0 Å². The number of nitrogens with one attached hydrogen (secondary N) is 2. The van der Waals surface area contributed by atoms with Crippen LogP contribution < -0.4 is 15.4 Å². The predicted molar refractivity (Wildman–Crippen MR) is 118 cm³/mol. The molecule has 1 aliphatic heterocycles. The van der Waals surface area contributed by atoms with Crippen molar-refractivity contribution < 1.29 is 14.3 Å². The van der Waals surface area contributed by atoms with E-state index in [1.165, 1.54) is 0 Å². The summed E-state index contributed by atoms with van der Waals surface area (Å²) in [5.41, 5.74) is 2.69. The van der Waals surface area contributed by atoms with Gasteiger partial charge in [0.2, 0.25) is 0 Å². The lowest BCUT2D eigenvalue weighted by Gasteiger charge is -2.33. The van der Waals surface area contributed by atoms with Gasteiger partial charge >= 0.3 is 6.03 Å². The molecule has 3 amide bonds. The molecule has 1 atom stereocenters. The van der Waals surface area contributed by atoms with E-state index in [9.17, 15) is 9.59 Å². The maximum absolute atomic E-state index is 12.8. The first-order valence-electron chi connectivity index (χ1n) is 10.7. The van der Waals surface area contributed by atoms with Crippen LogP contribution in [0, 0.1) is 0 Å². The number of carbonyl (C=O) groups is 2. The van der Waals surface area contributed by atoms with Gasteiger partial charge in [-0.3, -0.25) is 4.79 Å². The van der Waals surface area contributed by atoms with E-state index in [1.54, 1.807) is 0 Å². The van der Waals surface area contributed by atoms with E-state index in [2.05, 4.69) is 10.6 Å². The Morgan fingerprint density at radius 2 is 1.93 bits per heavy atom. The summed E-state index contributed by atoms with van der Waals surface area (Å²) in [6, 6.07) is 15.5. The maximum atomic E-state index is 12.8. The first-order chi connectivity index (χ1) is 14.6. The number of hydrogen-bond donors (Lipinski definition) is 2. The summed E-state index contributed by atoms with van der Waals surface area (Å²) in [7, 11) is 0. The monoisotopic (exact) mass is 409 g/mol. The average Bonchev–Trinajstić information content (AvgIpc) is 2.79. The molecule has 0 saturated carbocycles. The molecule has 1 fully saturated rings. The zero-order valence-corrected chi connectivity index (χ0v) is 17.8. The third kappa shape index (κ3) is 5.53. The molecule has 2 aromatic carbocycles. The summed E-state index contributed by atoms with van der Waals surface area (Å²) < 4.78 is 5.63. The molecule has 1 saturated heterocycles. The molecular formula is C24H31N3O3. The van der Waals surface area contributed by atoms with Crippen molar-refractivity contribution in [2.75, 3.05) is 26.2 Å². The summed E-state index contributed by atoms with van der Waals surface area (Å²) in [5.74, 6) is 0.925. The van der Waals surface area contributed by atoms with Crippen molar-refractivity contribution in [2.24, 2.45) is 0 Å². The van der Waals surface area contributed by atoms with Gasteiger partial charge in [-0.15, -0.1) is 0 Å². The quantitative estimate of drug-likeness (QED) is 0.728. The molecule has 1 heterocycles. The second kappa shape index (κ2) is 10.7. The molecule has 0 aromatic heterocycles. The maximum Gasteiger partial charge on any atom is 0.317 e. The highest BCUT2D eigenvalue weighted by molar-refractivity contribution is 5.94. The molecule has 6 heteroatoms. The van der Waals surface area contributed by atoms with Gasteiger partial charge in [-0.05, 0) is 50.5 Å². The fourth-order valence-electron chi connectivity index (χ4n) is 3.85. The number of urea groups is 1. The van der Waals surface area contributed by atoms with Crippen LogP contribution in [0.1, 0.15) is 54.1 Å². The molecule has 0 bridgehead atoms. The number of carbonyl (C=O) groups excluding carboxylic acids is 2. The van der Waals surface area contributed by atoms with E-state index in [-0.39, 0.29) is 17.9 Å². The van der Waals surface area contributed by atoms with E-state index < -0.39 is 0 Å². The molecule has 30 heavy (non-hydrogen) atoms. The van der Waals surface area contributed by atoms with Gasteiger partial charge in [0, 0.05) is 43.2 Å². The Labute approximate surface area is 178 Å². The Kier molecular flexibility index (Phi) is 7.71. The largest absolute Gasteiger partial charge is 0.494 e. The van der Waals surface area contributed by atoms with Crippen molar-refractivity contribution in [3.63, 3.8) is 0 Å². The van der Waals surface area contributed by atoms with Crippen molar-refractivity contribution in [3.8, 4) is 5.75 Å². The molecular weight excluding hydrogens is 378 g/mol. The normalized spacial score (nSPS) is 16.1. The lowest BCUT2D eigenvalue weighted by atomic mass is 9.89. The fraction of sp³-hybridized carbons (Fsp3) is 0.417. The van der Waals surface area contributed by atoms with E-state index in [0.717, 1.165) is 36.3 Å². The Bertz CT molecular complexity index is 868. The number of piperidine rings is 1. The topological polar surface area (TPSA) is 70.7 Å². The molecule has 6 nitrogen and oxygen atoms in total. The highest BCUT2D eigenvalue weighted by atomic mass is 16.5. The second-order valence-corrected chi connectivity index (χ2v) is 7.47. The van der Waals surface area contributed by atoms with Gasteiger partial charge in [-0.1, -0.05) is 30.3 Å². The number of rotatable bonds is 7. The summed E-state index contributed by atoms with van der Waals surface area (Å²) in [6.07, 6.45) is 1.98. The van der Waals surface area contributed by atoms with Crippen LogP contribution in [-0.2, 0) is 6.54 Å². The van der Waals surface area contributed by atoms with Crippen molar-refractivity contribution in [1.82, 2.24) is 15.5 Å². The summed E-state index contributed by atoms with van der Waals surface area (Å²) in [5, 5.41) is 5.87. The highest BCUT2D eigenvalue weighted by Crippen LogP contribution is 2.27. The molecule has 1 unspecified atom stereocenters. The number of likely N-dealkylation sites (tertiary alicyclic amines) is 1. The van der Waals surface area contributed by atoms with Crippen LogP contribution in [0.4, 0.5) is 4.79 Å². The van der Waals surface area contributed by atoms with Crippen LogP contribution in [-0.4, -0.2) is 43.1 Å². The van der Waals surface area contributed by atoms with Gasteiger partial charge in [0.1, 0.15) is 5.75 Å². The smallest absolute Gasteiger partial charge is 0.317 e. The van der Waals surface area contributed by atoms with E-state index >= 15 is 0 Å². The van der Waals surface area contributed by atoms with Crippen LogP contribution in [0.2, 0.25) is 0 Å². The Balaban J connectivity index is 1.65. The molecule has 1 aliphatic rings. The van der Waals surface area contributed by atoms with E-state index in [4.69, 9.17) is 4.74 Å². The average molecular weight is 410 g/mol. The van der Waals surface area contributed by atoms with Crippen LogP contribution in [0.5, 0.6) is 5.75 Å². The third-order valence-electron chi connectivity index (χ3n) is 5.37. The zero-order chi connectivity index (χ0) is 21.3. The Morgan fingerprint density at radius 1 is 1.10 bits per heavy atom. The summed E-state index contributed by atoms with van der Waals surface area (Å²) >= 11 is 0. The van der Waals surface area contributed by atoms with E-state index in [1.807, 2.05) is 67.3 Å². The third-order valence-corrected chi connectivity index (χ3v) is 5.37. The van der Waals surface area contributed by atoms with Crippen molar-refractivity contribution in [1.29, 1.82) is 0 Å². The van der Waals surface area contributed by atoms with Crippen LogP contribution in [0.15, 0.2) is 48.5 Å². The molecule has 2 aromatic rings. The fourth-order valence-corrected chi connectivity index (χ4v) is 3.85. The SMILES string of the molecule is CCNC(=O)N1CCCC(c2cccc(C(=O)NCc3ccccc3OCC)c2)C1. The van der Waals surface area contributed by atoms with Crippen molar-refractivity contribution >= 4 is 11.9 Å². The molecule has 0 radical (unpaired) electrons. The van der Waals surface area contributed by atoms with Crippen LogP contribution >= 0.6 is 0 Å². The first-order valence-corrected chi connectivity index (χ1v) is 10.7. The minimum atomic E-state index is -0.112. The minimum absolute atomic E-state index is 0.0101. The summed E-state index contributed by atoms with van der Waals surface area (Å²) in [4.78, 5) is 26.8. The number of ether oxygens (including phenoxy) is 1. The van der Waals surface area contributed by atoms with Gasteiger partial charge in [-0.25, -0.2) is 4.79 Å². The summed E-state index contributed by atoms with van der Waals surface area (Å²) in [6.45, 7) is 6.95.